The van der Waals surface area contributed by atoms with Gasteiger partial charge in [0, 0.05) is 49.7 Å². The summed E-state index contributed by atoms with van der Waals surface area (Å²) in [6.45, 7) is 7.22. The van der Waals surface area contributed by atoms with Gasteiger partial charge < -0.3 is 19.4 Å². The fourth-order valence-electron chi connectivity index (χ4n) is 4.98. The van der Waals surface area contributed by atoms with Crippen molar-refractivity contribution in [3.05, 3.63) is 89.7 Å². The molecule has 0 aliphatic carbocycles. The molecule has 0 amide bonds. The molecule has 0 atom stereocenters. The highest BCUT2D eigenvalue weighted by molar-refractivity contribution is 7.92. The second-order valence-electron chi connectivity index (χ2n) is 9.47. The fraction of sp³-hybridized carbons (Fsp3) is 0.300. The number of carbonyl (C=O) groups is 1. The lowest BCUT2D eigenvalue weighted by Gasteiger charge is -2.34. The van der Waals surface area contributed by atoms with Crippen molar-refractivity contribution in [1.82, 2.24) is 5.32 Å². The highest BCUT2D eigenvalue weighted by Gasteiger charge is 2.30. The van der Waals surface area contributed by atoms with Crippen molar-refractivity contribution >= 4 is 38.3 Å². The number of hydrogen-bond donors (Lipinski definition) is 1. The average Bonchev–Trinajstić information content (AvgIpc) is 3.30. The van der Waals surface area contributed by atoms with Crippen LogP contribution in [-0.2, 0) is 21.2 Å². The van der Waals surface area contributed by atoms with E-state index in [4.69, 9.17) is 9.15 Å². The lowest BCUT2D eigenvalue weighted by atomic mass is 10.1. The van der Waals surface area contributed by atoms with Gasteiger partial charge in [-0.1, -0.05) is 42.5 Å². The van der Waals surface area contributed by atoms with E-state index in [1.54, 1.807) is 26.0 Å². The number of fused-ring (bicyclic) bond motifs is 1. The van der Waals surface area contributed by atoms with E-state index in [1.807, 2.05) is 54.6 Å². The number of para-hydroxylation sites is 2. The second-order valence-corrected chi connectivity index (χ2v) is 11.3. The summed E-state index contributed by atoms with van der Waals surface area (Å²) < 4.78 is 41.1. The summed E-state index contributed by atoms with van der Waals surface area (Å²) in [7, 11) is -4.00. The predicted octanol–water partition coefficient (Wildman–Crippen LogP) is 4.77. The van der Waals surface area contributed by atoms with E-state index in [2.05, 4.69) is 10.2 Å². The molecule has 4 aromatic rings. The predicted molar refractivity (Wildman–Crippen MR) is 153 cm³/mol. The minimum atomic E-state index is -4.00. The second kappa shape index (κ2) is 11.5. The molecule has 0 unspecified atom stereocenters. The minimum Gasteiger partial charge on any atom is -0.460 e. The van der Waals surface area contributed by atoms with Crippen LogP contribution in [0.3, 0.4) is 0 Å². The largest absolute Gasteiger partial charge is 0.460 e. The molecule has 1 aromatic heterocycles. The Morgan fingerprint density at radius 1 is 1.03 bits per heavy atom. The van der Waals surface area contributed by atoms with Crippen molar-refractivity contribution in [2.24, 2.45) is 0 Å². The molecule has 5 rings (SSSR count). The van der Waals surface area contributed by atoms with E-state index < -0.39 is 16.0 Å². The van der Waals surface area contributed by atoms with Gasteiger partial charge in [0.25, 0.3) is 10.0 Å². The van der Waals surface area contributed by atoms with Crippen LogP contribution < -0.4 is 14.5 Å². The molecule has 9 heteroatoms. The molecule has 1 N–H and O–H groups in total. The molecule has 1 saturated heterocycles. The Bertz CT molecular complexity index is 1560. The number of benzene rings is 3. The van der Waals surface area contributed by atoms with Gasteiger partial charge in [0.2, 0.25) is 5.76 Å². The number of furan rings is 1. The third-order valence-electron chi connectivity index (χ3n) is 7.01. The molecular weight excluding hydrogens is 514 g/mol. The molecule has 3 aromatic carbocycles. The number of nitrogens with one attached hydrogen (secondary N) is 1. The van der Waals surface area contributed by atoms with Crippen molar-refractivity contribution in [3.8, 4) is 0 Å². The molecule has 0 bridgehead atoms. The molecule has 204 valence electrons. The van der Waals surface area contributed by atoms with Gasteiger partial charge in [-0.3, -0.25) is 4.31 Å². The number of piperazine rings is 1. The van der Waals surface area contributed by atoms with Crippen LogP contribution in [0, 0.1) is 6.92 Å². The highest BCUT2D eigenvalue weighted by atomic mass is 32.2. The summed E-state index contributed by atoms with van der Waals surface area (Å²) in [6.07, 6.45) is 0.547. The van der Waals surface area contributed by atoms with Gasteiger partial charge in [0.05, 0.1) is 22.9 Å². The van der Waals surface area contributed by atoms with Gasteiger partial charge >= 0.3 is 5.97 Å². The Balaban J connectivity index is 1.57. The molecule has 2 heterocycles. The molecule has 1 aliphatic heterocycles. The molecule has 8 nitrogen and oxygen atoms in total. The Hall–Kier alpha value is -3.82. The Morgan fingerprint density at radius 3 is 2.49 bits per heavy atom. The topological polar surface area (TPSA) is 92.1 Å². The molecule has 1 fully saturated rings. The lowest BCUT2D eigenvalue weighted by Crippen LogP contribution is -2.44. The van der Waals surface area contributed by atoms with E-state index in [0.717, 1.165) is 37.4 Å². The van der Waals surface area contributed by atoms with Crippen LogP contribution in [0.5, 0.6) is 0 Å². The van der Waals surface area contributed by atoms with E-state index in [0.29, 0.717) is 28.6 Å². The van der Waals surface area contributed by atoms with E-state index in [-0.39, 0.29) is 23.8 Å². The van der Waals surface area contributed by atoms with Crippen LogP contribution in [0.25, 0.3) is 11.0 Å². The Morgan fingerprint density at radius 2 is 1.74 bits per heavy atom. The van der Waals surface area contributed by atoms with Crippen LogP contribution in [0.4, 0.5) is 11.4 Å². The zero-order chi connectivity index (χ0) is 27.4. The maximum Gasteiger partial charge on any atom is 0.374 e. The number of hydrogen-bond acceptors (Lipinski definition) is 7. The summed E-state index contributed by atoms with van der Waals surface area (Å²) >= 11 is 0. The summed E-state index contributed by atoms with van der Waals surface area (Å²) in [5, 5.41) is 4.03. The maximum absolute atomic E-state index is 14.3. The lowest BCUT2D eigenvalue weighted by molar-refractivity contribution is 0.0491. The fourth-order valence-corrected chi connectivity index (χ4v) is 6.47. The van der Waals surface area contributed by atoms with Gasteiger partial charge in [0.15, 0.2) is 0 Å². The summed E-state index contributed by atoms with van der Waals surface area (Å²) in [4.78, 5) is 14.7. The third kappa shape index (κ3) is 5.51. The number of rotatable bonds is 9. The zero-order valence-electron chi connectivity index (χ0n) is 22.2. The number of esters is 1. The normalized spacial score (nSPS) is 13.9. The number of ether oxygens (including phenoxy) is 1. The molecule has 39 heavy (non-hydrogen) atoms. The standard InChI is InChI=1S/C30H33N3O5S/c1-3-37-30(34)29-22(2)25-14-13-24(21-28(25)38-29)39(35,36)33(18-15-23-9-5-4-6-10-23)27-12-8-7-11-26(27)32-19-16-31-17-20-32/h4-14,21,31H,3,15-20H2,1-2H3. The van der Waals surface area contributed by atoms with E-state index in [1.165, 1.54) is 10.4 Å². The van der Waals surface area contributed by atoms with Gasteiger partial charge in [0.1, 0.15) is 5.58 Å². The Kier molecular flexibility index (Phi) is 7.90. The zero-order valence-corrected chi connectivity index (χ0v) is 23.0. The molecule has 0 saturated carbocycles. The molecule has 0 spiro atoms. The first-order chi connectivity index (χ1) is 18.9. The van der Waals surface area contributed by atoms with Crippen molar-refractivity contribution in [2.75, 3.05) is 48.5 Å². The highest BCUT2D eigenvalue weighted by Crippen LogP contribution is 2.35. The number of aryl methyl sites for hydroxylation is 1. The third-order valence-corrected chi connectivity index (χ3v) is 8.82. The number of anilines is 2. The molecular formula is C30H33N3O5S. The number of nitrogens with zero attached hydrogens (tertiary/aromatic N) is 2. The van der Waals surface area contributed by atoms with Crippen LogP contribution in [0.1, 0.15) is 28.6 Å². The van der Waals surface area contributed by atoms with Crippen LogP contribution in [0.2, 0.25) is 0 Å². The SMILES string of the molecule is CCOC(=O)c1oc2cc(S(=O)(=O)N(CCc3ccccc3)c3ccccc3N3CCNCC3)ccc2c1C. The van der Waals surface area contributed by atoms with Gasteiger partial charge in [-0.2, -0.15) is 0 Å². The van der Waals surface area contributed by atoms with Crippen molar-refractivity contribution < 1.29 is 22.4 Å². The molecule has 1 aliphatic rings. The van der Waals surface area contributed by atoms with Crippen LogP contribution in [-0.4, -0.2) is 53.7 Å². The monoisotopic (exact) mass is 547 g/mol. The van der Waals surface area contributed by atoms with Crippen molar-refractivity contribution in [2.45, 2.75) is 25.2 Å². The van der Waals surface area contributed by atoms with Gasteiger partial charge in [-0.25, -0.2) is 13.2 Å². The van der Waals surface area contributed by atoms with Crippen molar-refractivity contribution in [3.63, 3.8) is 0 Å². The average molecular weight is 548 g/mol. The summed E-state index contributed by atoms with van der Waals surface area (Å²) in [6, 6.07) is 22.3. The van der Waals surface area contributed by atoms with E-state index in [9.17, 15) is 13.2 Å². The van der Waals surface area contributed by atoms with Crippen LogP contribution in [0.15, 0.2) is 82.1 Å². The van der Waals surface area contributed by atoms with Crippen molar-refractivity contribution in [1.29, 1.82) is 0 Å². The van der Waals surface area contributed by atoms with Gasteiger partial charge in [-0.15, -0.1) is 0 Å². The van der Waals surface area contributed by atoms with E-state index >= 15 is 0 Å². The minimum absolute atomic E-state index is 0.0892. The van der Waals surface area contributed by atoms with Crippen LogP contribution >= 0.6 is 0 Å². The molecule has 0 radical (unpaired) electrons. The number of sulfonamides is 1. The first-order valence-corrected chi connectivity index (χ1v) is 14.7. The maximum atomic E-state index is 14.3. The number of carbonyl (C=O) groups excluding carboxylic acids is 1. The first kappa shape index (κ1) is 26.8. The quantitative estimate of drug-likeness (QED) is 0.302. The Labute approximate surface area is 229 Å². The summed E-state index contributed by atoms with van der Waals surface area (Å²) in [5.74, 6) is -0.476. The van der Waals surface area contributed by atoms with Gasteiger partial charge in [-0.05, 0) is 50.1 Å². The first-order valence-electron chi connectivity index (χ1n) is 13.2. The summed E-state index contributed by atoms with van der Waals surface area (Å²) in [5.41, 5.74) is 3.52. The smallest absolute Gasteiger partial charge is 0.374 e.